The van der Waals surface area contributed by atoms with Crippen LogP contribution in [0.15, 0.2) is 12.7 Å². The molecule has 0 aliphatic heterocycles. The van der Waals surface area contributed by atoms with Gasteiger partial charge in [-0.2, -0.15) is 0 Å². The van der Waals surface area contributed by atoms with Gasteiger partial charge in [-0.25, -0.2) is 0 Å². The van der Waals surface area contributed by atoms with E-state index in [1.807, 2.05) is 0 Å². The van der Waals surface area contributed by atoms with Gasteiger partial charge in [0.15, 0.2) is 0 Å². The minimum Gasteiger partial charge on any atom is -0.308 e. The standard InChI is InChI=1S/C19H41O9P3/c1-8-15-16-17-18-19(29(20,23-9-2)24-10-3,30(21,25-11-4)26-12-5)31(22,27-13-6)28-14-7/h8H,1,9-18H2,2-7H3. The lowest BCUT2D eigenvalue weighted by Gasteiger charge is -2.44. The Morgan fingerprint density at radius 1 is 0.613 bits per heavy atom. The van der Waals surface area contributed by atoms with Gasteiger partial charge in [0, 0.05) is 0 Å². The molecule has 0 heterocycles. The predicted octanol–water partition coefficient (Wildman–Crippen LogP) is 7.18. The first kappa shape index (κ1) is 31.2. The summed E-state index contributed by atoms with van der Waals surface area (Å²) in [6.07, 6.45) is 3.24. The molecule has 0 aromatic rings. The molecule has 0 aliphatic rings. The summed E-state index contributed by atoms with van der Waals surface area (Å²) in [5, 5.41) is 0. The lowest BCUT2D eigenvalue weighted by molar-refractivity contribution is 0.164. The number of hydrogen-bond donors (Lipinski definition) is 0. The average Bonchev–Trinajstić information content (AvgIpc) is 2.68. The van der Waals surface area contributed by atoms with E-state index in [0.29, 0.717) is 19.3 Å². The molecule has 31 heavy (non-hydrogen) atoms. The third kappa shape index (κ3) is 7.09. The summed E-state index contributed by atoms with van der Waals surface area (Å²) in [5.41, 5.74) is 0. The second-order valence-corrected chi connectivity index (χ2v) is 14.2. The van der Waals surface area contributed by atoms with Crippen molar-refractivity contribution in [2.75, 3.05) is 39.6 Å². The molecule has 0 saturated heterocycles. The molecule has 0 bridgehead atoms. The molecule has 0 aromatic carbocycles. The Morgan fingerprint density at radius 3 is 1.13 bits per heavy atom. The maximum Gasteiger partial charge on any atom is 0.361 e. The first-order valence-corrected chi connectivity index (χ1v) is 15.6. The van der Waals surface area contributed by atoms with Crippen LogP contribution in [0, 0.1) is 0 Å². The van der Waals surface area contributed by atoms with Gasteiger partial charge in [0.25, 0.3) is 4.64 Å². The molecule has 0 spiro atoms. The van der Waals surface area contributed by atoms with Crippen LogP contribution in [0.2, 0.25) is 0 Å². The van der Waals surface area contributed by atoms with Crippen LogP contribution in [0.5, 0.6) is 0 Å². The summed E-state index contributed by atoms with van der Waals surface area (Å²) in [4.78, 5) is 0. The molecular formula is C19H41O9P3. The average molecular weight is 506 g/mol. The van der Waals surface area contributed by atoms with Crippen molar-refractivity contribution in [2.24, 2.45) is 0 Å². The third-order valence-corrected chi connectivity index (χ3v) is 15.6. The molecule has 0 saturated carbocycles. The van der Waals surface area contributed by atoms with Gasteiger partial charge in [0.1, 0.15) is 0 Å². The normalized spacial score (nSPS) is 13.5. The Balaban J connectivity index is 7.30. The van der Waals surface area contributed by atoms with E-state index in [1.54, 1.807) is 47.6 Å². The van der Waals surface area contributed by atoms with Crippen molar-refractivity contribution in [1.82, 2.24) is 0 Å². The van der Waals surface area contributed by atoms with E-state index in [4.69, 9.17) is 27.1 Å². The molecule has 0 amide bonds. The highest BCUT2D eigenvalue weighted by Gasteiger charge is 2.76. The van der Waals surface area contributed by atoms with E-state index in [-0.39, 0.29) is 46.1 Å². The highest BCUT2D eigenvalue weighted by atomic mass is 31.3. The first-order valence-electron chi connectivity index (χ1n) is 11.0. The van der Waals surface area contributed by atoms with Crippen LogP contribution in [0.4, 0.5) is 0 Å². The van der Waals surface area contributed by atoms with Crippen molar-refractivity contribution in [1.29, 1.82) is 0 Å². The van der Waals surface area contributed by atoms with Crippen LogP contribution in [0.25, 0.3) is 0 Å². The van der Waals surface area contributed by atoms with Crippen LogP contribution in [0.1, 0.15) is 67.2 Å². The first-order chi connectivity index (χ1) is 14.7. The minimum absolute atomic E-state index is 0.0395. The smallest absolute Gasteiger partial charge is 0.308 e. The zero-order valence-electron chi connectivity index (χ0n) is 19.9. The van der Waals surface area contributed by atoms with Crippen molar-refractivity contribution in [3.05, 3.63) is 12.7 Å². The topological polar surface area (TPSA) is 107 Å². The zero-order chi connectivity index (χ0) is 24.0. The molecule has 0 radical (unpaired) electrons. The largest absolute Gasteiger partial charge is 0.361 e. The Bertz CT molecular complexity index is 549. The Labute approximate surface area is 188 Å². The molecule has 0 aliphatic carbocycles. The van der Waals surface area contributed by atoms with E-state index < -0.39 is 27.4 Å². The monoisotopic (exact) mass is 506 g/mol. The summed E-state index contributed by atoms with van der Waals surface area (Å²) in [6.45, 7) is 13.2. The SMILES string of the molecule is C=CCCCCC(P(=O)(OCC)OCC)(P(=O)(OCC)OCC)P(=O)(OCC)OCC. The van der Waals surface area contributed by atoms with Gasteiger partial charge in [-0.3, -0.25) is 13.7 Å². The summed E-state index contributed by atoms with van der Waals surface area (Å²) >= 11 is 0. The Morgan fingerprint density at radius 2 is 0.903 bits per heavy atom. The van der Waals surface area contributed by atoms with E-state index >= 15 is 0 Å². The molecule has 0 atom stereocenters. The van der Waals surface area contributed by atoms with Crippen LogP contribution in [-0.2, 0) is 40.8 Å². The van der Waals surface area contributed by atoms with Gasteiger partial charge in [0.05, 0.1) is 39.6 Å². The van der Waals surface area contributed by atoms with Crippen LogP contribution in [-0.4, -0.2) is 44.3 Å². The molecule has 0 aromatic heterocycles. The van der Waals surface area contributed by atoms with Crippen LogP contribution < -0.4 is 0 Å². The molecule has 9 nitrogen and oxygen atoms in total. The quantitative estimate of drug-likeness (QED) is 0.0963. The number of rotatable bonds is 20. The number of allylic oxidation sites excluding steroid dienone is 1. The summed E-state index contributed by atoms with van der Waals surface area (Å²) < 4.78 is 74.5. The van der Waals surface area contributed by atoms with Crippen LogP contribution >= 0.6 is 22.8 Å². The minimum atomic E-state index is -4.42. The Hall–Kier alpha value is 0.190. The molecular weight excluding hydrogens is 465 g/mol. The third-order valence-electron chi connectivity index (χ3n) is 4.28. The van der Waals surface area contributed by atoms with Gasteiger partial charge in [-0.15, -0.1) is 6.58 Å². The van der Waals surface area contributed by atoms with Crippen LogP contribution in [0.3, 0.4) is 0 Å². The van der Waals surface area contributed by atoms with E-state index in [9.17, 15) is 13.7 Å². The van der Waals surface area contributed by atoms with Crippen molar-refractivity contribution < 1.29 is 40.8 Å². The highest BCUT2D eigenvalue weighted by Crippen LogP contribution is 2.92. The van der Waals surface area contributed by atoms with E-state index in [2.05, 4.69) is 6.58 Å². The maximum absolute atomic E-state index is 14.4. The van der Waals surface area contributed by atoms with Gasteiger partial charge in [-0.05, 0) is 60.8 Å². The van der Waals surface area contributed by atoms with Gasteiger partial charge in [0.2, 0.25) is 0 Å². The van der Waals surface area contributed by atoms with Gasteiger partial charge >= 0.3 is 22.8 Å². The van der Waals surface area contributed by atoms with E-state index in [1.165, 1.54) is 0 Å². The zero-order valence-corrected chi connectivity index (χ0v) is 22.6. The summed E-state index contributed by atoms with van der Waals surface area (Å²) in [5.74, 6) is 0. The van der Waals surface area contributed by atoms with Crippen molar-refractivity contribution >= 4 is 22.8 Å². The van der Waals surface area contributed by atoms with Crippen molar-refractivity contribution in [3.63, 3.8) is 0 Å². The fourth-order valence-corrected chi connectivity index (χ4v) is 13.7. The molecule has 0 rings (SSSR count). The molecule has 0 fully saturated rings. The maximum atomic E-state index is 14.4. The number of hydrogen-bond acceptors (Lipinski definition) is 9. The molecule has 0 unspecified atom stereocenters. The molecule has 0 N–H and O–H groups in total. The predicted molar refractivity (Wildman–Crippen MR) is 124 cm³/mol. The lowest BCUT2D eigenvalue weighted by atomic mass is 10.2. The number of unbranched alkanes of at least 4 members (excludes halogenated alkanes) is 2. The fourth-order valence-electron chi connectivity index (χ4n) is 3.26. The lowest BCUT2D eigenvalue weighted by Crippen LogP contribution is -2.35. The van der Waals surface area contributed by atoms with Crippen molar-refractivity contribution in [2.45, 2.75) is 71.9 Å². The second-order valence-electron chi connectivity index (χ2n) is 6.31. The molecule has 186 valence electrons. The molecule has 12 heteroatoms. The Kier molecular flexibility index (Phi) is 15.3. The summed E-state index contributed by atoms with van der Waals surface area (Å²) in [6, 6.07) is 0. The highest BCUT2D eigenvalue weighted by molar-refractivity contribution is 7.90. The second kappa shape index (κ2) is 15.2. The van der Waals surface area contributed by atoms with Gasteiger partial charge < -0.3 is 27.1 Å². The summed E-state index contributed by atoms with van der Waals surface area (Å²) in [7, 11) is -13.3. The van der Waals surface area contributed by atoms with Crippen molar-refractivity contribution in [3.8, 4) is 0 Å². The van der Waals surface area contributed by atoms with Gasteiger partial charge in [-0.1, -0.05) is 12.5 Å². The van der Waals surface area contributed by atoms with E-state index in [0.717, 1.165) is 0 Å². The fraction of sp³-hybridized carbons (Fsp3) is 0.895.